The van der Waals surface area contributed by atoms with Gasteiger partial charge in [0.05, 0.1) is 6.10 Å². The minimum Gasteiger partial charge on any atom is -0.508 e. The van der Waals surface area contributed by atoms with Gasteiger partial charge in [0.25, 0.3) is 0 Å². The number of rotatable bonds is 5. The molecule has 1 aromatic carbocycles. The van der Waals surface area contributed by atoms with E-state index in [4.69, 9.17) is 5.11 Å². The lowest BCUT2D eigenvalue weighted by atomic mass is 10.1. The zero-order valence-corrected chi connectivity index (χ0v) is 9.57. The molecule has 0 aromatic heterocycles. The summed E-state index contributed by atoms with van der Waals surface area (Å²) in [7, 11) is 0. The Labute approximate surface area is 94.9 Å². The number of halogens is 1. The van der Waals surface area contributed by atoms with Gasteiger partial charge < -0.3 is 15.5 Å². The first kappa shape index (κ1) is 12.9. The molecule has 1 aromatic rings. The average Bonchev–Trinajstić information content (AvgIpc) is 2.21. The standard InChI is InChI=1S/C12H18FNO2/c1-8(15)5-6-14-9(2)11-7-10(13)3-4-12(11)16/h3-4,7-9,14-16H,5-6H2,1-2H3. The fourth-order valence-electron chi connectivity index (χ4n) is 1.49. The number of hydrogen-bond donors (Lipinski definition) is 3. The van der Waals surface area contributed by atoms with Crippen LogP contribution in [-0.4, -0.2) is 22.9 Å². The van der Waals surface area contributed by atoms with Gasteiger partial charge in [-0.15, -0.1) is 0 Å². The van der Waals surface area contributed by atoms with Gasteiger partial charge in [-0.3, -0.25) is 0 Å². The van der Waals surface area contributed by atoms with Gasteiger partial charge in [-0.2, -0.15) is 0 Å². The first-order valence-electron chi connectivity index (χ1n) is 5.40. The second kappa shape index (κ2) is 5.82. The lowest BCUT2D eigenvalue weighted by Gasteiger charge is -2.16. The maximum atomic E-state index is 13.0. The first-order valence-corrected chi connectivity index (χ1v) is 5.40. The van der Waals surface area contributed by atoms with Crippen molar-refractivity contribution in [1.29, 1.82) is 0 Å². The smallest absolute Gasteiger partial charge is 0.123 e. The second-order valence-corrected chi connectivity index (χ2v) is 4.02. The molecular weight excluding hydrogens is 209 g/mol. The molecule has 90 valence electrons. The van der Waals surface area contributed by atoms with E-state index in [1.807, 2.05) is 6.92 Å². The van der Waals surface area contributed by atoms with Gasteiger partial charge in [-0.05, 0) is 45.0 Å². The first-order chi connectivity index (χ1) is 7.50. The van der Waals surface area contributed by atoms with Crippen molar-refractivity contribution in [2.75, 3.05) is 6.54 Å². The summed E-state index contributed by atoms with van der Waals surface area (Å²) in [6.07, 6.45) is 0.265. The Kier molecular flexibility index (Phi) is 4.71. The van der Waals surface area contributed by atoms with Crippen LogP contribution in [0.15, 0.2) is 18.2 Å². The van der Waals surface area contributed by atoms with Crippen molar-refractivity contribution in [3.05, 3.63) is 29.6 Å². The Morgan fingerprint density at radius 3 is 2.69 bits per heavy atom. The maximum absolute atomic E-state index is 13.0. The summed E-state index contributed by atoms with van der Waals surface area (Å²) in [5, 5.41) is 21.8. The van der Waals surface area contributed by atoms with Crippen LogP contribution >= 0.6 is 0 Å². The van der Waals surface area contributed by atoms with Crippen LogP contribution in [0.2, 0.25) is 0 Å². The van der Waals surface area contributed by atoms with E-state index in [1.54, 1.807) is 6.92 Å². The molecule has 0 heterocycles. The molecule has 3 nitrogen and oxygen atoms in total. The van der Waals surface area contributed by atoms with Crippen LogP contribution in [0.3, 0.4) is 0 Å². The van der Waals surface area contributed by atoms with E-state index >= 15 is 0 Å². The lowest BCUT2D eigenvalue weighted by Crippen LogP contribution is -2.22. The molecule has 16 heavy (non-hydrogen) atoms. The summed E-state index contributed by atoms with van der Waals surface area (Å²) in [5.74, 6) is -0.282. The summed E-state index contributed by atoms with van der Waals surface area (Å²) >= 11 is 0. The van der Waals surface area contributed by atoms with Crippen LogP contribution in [-0.2, 0) is 0 Å². The summed E-state index contributed by atoms with van der Waals surface area (Å²) < 4.78 is 13.0. The molecule has 2 atom stereocenters. The number of hydrogen-bond acceptors (Lipinski definition) is 3. The molecule has 0 amide bonds. The monoisotopic (exact) mass is 227 g/mol. The highest BCUT2D eigenvalue weighted by Gasteiger charge is 2.10. The average molecular weight is 227 g/mol. The molecule has 0 fully saturated rings. The van der Waals surface area contributed by atoms with Crippen molar-refractivity contribution < 1.29 is 14.6 Å². The van der Waals surface area contributed by atoms with Gasteiger partial charge in [-0.25, -0.2) is 4.39 Å². The number of benzene rings is 1. The summed E-state index contributed by atoms with van der Waals surface area (Å²) in [6.45, 7) is 4.18. The molecule has 0 aliphatic rings. The zero-order chi connectivity index (χ0) is 12.1. The molecule has 0 saturated carbocycles. The van der Waals surface area contributed by atoms with Crippen molar-refractivity contribution in [3.63, 3.8) is 0 Å². The largest absolute Gasteiger partial charge is 0.508 e. The Morgan fingerprint density at radius 2 is 2.06 bits per heavy atom. The van der Waals surface area contributed by atoms with E-state index < -0.39 is 0 Å². The summed E-state index contributed by atoms with van der Waals surface area (Å²) in [4.78, 5) is 0. The van der Waals surface area contributed by atoms with Gasteiger partial charge in [0.2, 0.25) is 0 Å². The van der Waals surface area contributed by atoms with Crippen molar-refractivity contribution in [2.45, 2.75) is 32.4 Å². The molecule has 4 heteroatoms. The van der Waals surface area contributed by atoms with Crippen LogP contribution in [0.25, 0.3) is 0 Å². The van der Waals surface area contributed by atoms with Crippen molar-refractivity contribution in [3.8, 4) is 5.75 Å². The Morgan fingerprint density at radius 1 is 1.38 bits per heavy atom. The second-order valence-electron chi connectivity index (χ2n) is 4.02. The molecule has 0 aliphatic heterocycles. The van der Waals surface area contributed by atoms with Gasteiger partial charge in [0, 0.05) is 11.6 Å². The highest BCUT2D eigenvalue weighted by Crippen LogP contribution is 2.24. The van der Waals surface area contributed by atoms with Crippen molar-refractivity contribution >= 4 is 0 Å². The number of nitrogens with one attached hydrogen (secondary N) is 1. The third kappa shape index (κ3) is 3.79. The van der Waals surface area contributed by atoms with Crippen LogP contribution in [0, 0.1) is 5.82 Å². The normalized spacial score (nSPS) is 14.8. The van der Waals surface area contributed by atoms with E-state index in [-0.39, 0.29) is 23.7 Å². The molecule has 0 bridgehead atoms. The maximum Gasteiger partial charge on any atom is 0.123 e. The van der Waals surface area contributed by atoms with E-state index in [1.165, 1.54) is 18.2 Å². The van der Waals surface area contributed by atoms with Crippen LogP contribution < -0.4 is 5.32 Å². The van der Waals surface area contributed by atoms with Gasteiger partial charge in [-0.1, -0.05) is 0 Å². The lowest BCUT2D eigenvalue weighted by molar-refractivity contribution is 0.182. The molecule has 1 rings (SSSR count). The molecule has 0 saturated heterocycles. The molecule has 0 aliphatic carbocycles. The molecule has 0 radical (unpaired) electrons. The fourth-order valence-corrected chi connectivity index (χ4v) is 1.49. The molecule has 2 unspecified atom stereocenters. The van der Waals surface area contributed by atoms with E-state index in [0.717, 1.165) is 0 Å². The quantitative estimate of drug-likeness (QED) is 0.720. The minimum atomic E-state index is -0.364. The summed E-state index contributed by atoms with van der Waals surface area (Å²) in [6, 6.07) is 3.74. The number of phenolic OH excluding ortho intramolecular Hbond substituents is 1. The van der Waals surface area contributed by atoms with E-state index in [2.05, 4.69) is 5.32 Å². The number of aliphatic hydroxyl groups excluding tert-OH is 1. The number of aromatic hydroxyl groups is 1. The molecule has 0 spiro atoms. The topological polar surface area (TPSA) is 52.5 Å². The highest BCUT2D eigenvalue weighted by atomic mass is 19.1. The minimum absolute atomic E-state index is 0.0819. The highest BCUT2D eigenvalue weighted by molar-refractivity contribution is 5.34. The predicted octanol–water partition coefficient (Wildman–Crippen LogP) is 1.95. The van der Waals surface area contributed by atoms with Crippen molar-refractivity contribution in [1.82, 2.24) is 5.32 Å². The number of aliphatic hydroxyl groups is 1. The molecule has 3 N–H and O–H groups in total. The summed E-state index contributed by atoms with van der Waals surface area (Å²) in [5.41, 5.74) is 0.533. The van der Waals surface area contributed by atoms with Crippen LogP contribution in [0.4, 0.5) is 4.39 Å². The Hall–Kier alpha value is -1.13. The zero-order valence-electron chi connectivity index (χ0n) is 9.57. The predicted molar refractivity (Wildman–Crippen MR) is 60.8 cm³/mol. The van der Waals surface area contributed by atoms with Gasteiger partial charge >= 0.3 is 0 Å². The van der Waals surface area contributed by atoms with Crippen LogP contribution in [0.5, 0.6) is 5.75 Å². The van der Waals surface area contributed by atoms with Gasteiger partial charge in [0.1, 0.15) is 11.6 Å². The number of phenols is 1. The fraction of sp³-hybridized carbons (Fsp3) is 0.500. The van der Waals surface area contributed by atoms with Crippen molar-refractivity contribution in [2.24, 2.45) is 0 Å². The SMILES string of the molecule is CC(O)CCNC(C)c1cc(F)ccc1O. The third-order valence-corrected chi connectivity index (χ3v) is 2.47. The third-order valence-electron chi connectivity index (χ3n) is 2.47. The van der Waals surface area contributed by atoms with E-state index in [9.17, 15) is 9.50 Å². The van der Waals surface area contributed by atoms with E-state index in [0.29, 0.717) is 18.5 Å². The van der Waals surface area contributed by atoms with Gasteiger partial charge in [0.15, 0.2) is 0 Å². The van der Waals surface area contributed by atoms with Crippen LogP contribution in [0.1, 0.15) is 31.9 Å². The Balaban J connectivity index is 2.58. The Bertz CT molecular complexity index is 342. The molecular formula is C12H18FNO2.